The van der Waals surface area contributed by atoms with Crippen LogP contribution in [0.1, 0.15) is 54.7 Å². The summed E-state index contributed by atoms with van der Waals surface area (Å²) >= 11 is 1.13. The highest BCUT2D eigenvalue weighted by Crippen LogP contribution is 2.27. The number of nitrogens with zero attached hydrogens (tertiary/aromatic N) is 2. The standard InChI is InChI=1S/C21H24N4OS/c1-14(15-8-6-5-7-9-15)22-16-10-12-17(13-11-16)23-20(26)18-19(21(2,3)4)24-25-27-18/h5-14,22H,1-4H3,(H,23,26)/t14-/m1/s1. The van der Waals surface area contributed by atoms with Gasteiger partial charge in [0.25, 0.3) is 5.91 Å². The molecule has 0 spiro atoms. The fourth-order valence-corrected chi connectivity index (χ4v) is 3.51. The van der Waals surface area contributed by atoms with Gasteiger partial charge in [0.1, 0.15) is 4.88 Å². The van der Waals surface area contributed by atoms with Crippen LogP contribution in [0.5, 0.6) is 0 Å². The van der Waals surface area contributed by atoms with E-state index in [0.717, 1.165) is 28.6 Å². The van der Waals surface area contributed by atoms with E-state index in [1.54, 1.807) is 0 Å². The second kappa shape index (κ2) is 7.88. The SMILES string of the molecule is C[C@@H](Nc1ccc(NC(=O)c2snnc2C(C)(C)C)cc1)c1ccccc1. The average Bonchev–Trinajstić information content (AvgIpc) is 3.14. The Morgan fingerprint density at radius 2 is 1.63 bits per heavy atom. The number of hydrogen-bond acceptors (Lipinski definition) is 5. The van der Waals surface area contributed by atoms with Gasteiger partial charge in [-0.05, 0) is 48.3 Å². The van der Waals surface area contributed by atoms with Crippen LogP contribution in [-0.2, 0) is 5.41 Å². The topological polar surface area (TPSA) is 66.9 Å². The first-order valence-electron chi connectivity index (χ1n) is 8.90. The van der Waals surface area contributed by atoms with Gasteiger partial charge in [0.2, 0.25) is 0 Å². The molecule has 5 nitrogen and oxygen atoms in total. The molecule has 2 N–H and O–H groups in total. The van der Waals surface area contributed by atoms with Gasteiger partial charge < -0.3 is 10.6 Å². The number of hydrogen-bond donors (Lipinski definition) is 2. The normalized spacial score (nSPS) is 12.4. The molecule has 6 heteroatoms. The van der Waals surface area contributed by atoms with Crippen LogP contribution in [0.25, 0.3) is 0 Å². The predicted octanol–water partition coefficient (Wildman–Crippen LogP) is 5.26. The van der Waals surface area contributed by atoms with E-state index < -0.39 is 0 Å². The van der Waals surface area contributed by atoms with Gasteiger partial charge in [-0.1, -0.05) is 55.6 Å². The van der Waals surface area contributed by atoms with E-state index in [1.165, 1.54) is 5.56 Å². The van der Waals surface area contributed by atoms with Crippen LogP contribution in [0.2, 0.25) is 0 Å². The van der Waals surface area contributed by atoms with Gasteiger partial charge in [0, 0.05) is 22.8 Å². The van der Waals surface area contributed by atoms with E-state index in [2.05, 4.69) is 39.3 Å². The quantitative estimate of drug-likeness (QED) is 0.633. The summed E-state index contributed by atoms with van der Waals surface area (Å²) in [6.07, 6.45) is 0. The monoisotopic (exact) mass is 380 g/mol. The van der Waals surface area contributed by atoms with Gasteiger partial charge in [0.05, 0.1) is 5.69 Å². The number of anilines is 2. The van der Waals surface area contributed by atoms with Crippen molar-refractivity contribution in [1.82, 2.24) is 9.59 Å². The second-order valence-corrected chi connectivity index (χ2v) is 8.26. The molecule has 2 aromatic carbocycles. The molecule has 1 heterocycles. The van der Waals surface area contributed by atoms with Crippen molar-refractivity contribution < 1.29 is 4.79 Å². The van der Waals surface area contributed by atoms with Crippen molar-refractivity contribution in [3.63, 3.8) is 0 Å². The maximum absolute atomic E-state index is 12.6. The predicted molar refractivity (Wildman–Crippen MR) is 111 cm³/mol. The molecule has 0 aliphatic carbocycles. The third-order valence-electron chi connectivity index (χ3n) is 4.23. The summed E-state index contributed by atoms with van der Waals surface area (Å²) in [6.45, 7) is 8.19. The van der Waals surface area contributed by atoms with Crippen LogP contribution in [0.3, 0.4) is 0 Å². The molecule has 0 fully saturated rings. The molecule has 0 unspecified atom stereocenters. The first-order chi connectivity index (χ1) is 12.8. The van der Waals surface area contributed by atoms with Crippen LogP contribution >= 0.6 is 11.5 Å². The van der Waals surface area contributed by atoms with Crippen molar-refractivity contribution in [2.24, 2.45) is 0 Å². The molecule has 1 atom stereocenters. The Labute approximate surface area is 164 Å². The lowest BCUT2D eigenvalue weighted by molar-refractivity contribution is 0.102. The summed E-state index contributed by atoms with van der Waals surface area (Å²) in [6, 6.07) is 18.2. The lowest BCUT2D eigenvalue weighted by atomic mass is 9.91. The van der Waals surface area contributed by atoms with E-state index in [-0.39, 0.29) is 17.4 Å². The van der Waals surface area contributed by atoms with Gasteiger partial charge in [-0.3, -0.25) is 4.79 Å². The zero-order chi connectivity index (χ0) is 19.4. The summed E-state index contributed by atoms with van der Waals surface area (Å²) in [5.41, 5.74) is 3.47. The van der Waals surface area contributed by atoms with E-state index >= 15 is 0 Å². The van der Waals surface area contributed by atoms with Crippen LogP contribution < -0.4 is 10.6 Å². The Kier molecular flexibility index (Phi) is 5.56. The summed E-state index contributed by atoms with van der Waals surface area (Å²) in [7, 11) is 0. The van der Waals surface area contributed by atoms with Crippen LogP contribution in [0.15, 0.2) is 54.6 Å². The Bertz CT molecular complexity index is 898. The number of aromatic nitrogens is 2. The smallest absolute Gasteiger partial charge is 0.269 e. The lowest BCUT2D eigenvalue weighted by Gasteiger charge is -2.17. The van der Waals surface area contributed by atoms with Crippen LogP contribution in [0.4, 0.5) is 11.4 Å². The van der Waals surface area contributed by atoms with Crippen molar-refractivity contribution in [3.8, 4) is 0 Å². The molecule has 27 heavy (non-hydrogen) atoms. The minimum atomic E-state index is -0.221. The minimum Gasteiger partial charge on any atom is -0.379 e. The number of carbonyl (C=O) groups excluding carboxylic acids is 1. The first kappa shape index (κ1) is 19.0. The Morgan fingerprint density at radius 3 is 2.26 bits per heavy atom. The van der Waals surface area contributed by atoms with Crippen LogP contribution in [-0.4, -0.2) is 15.5 Å². The molecule has 0 bridgehead atoms. The summed E-state index contributed by atoms with van der Waals surface area (Å²) in [4.78, 5) is 13.2. The number of benzene rings is 2. The molecular weight excluding hydrogens is 356 g/mol. The summed E-state index contributed by atoms with van der Waals surface area (Å²) in [5.74, 6) is -0.173. The lowest BCUT2D eigenvalue weighted by Crippen LogP contribution is -2.19. The number of carbonyl (C=O) groups is 1. The maximum atomic E-state index is 12.6. The van der Waals surface area contributed by atoms with Gasteiger partial charge in [-0.25, -0.2) is 0 Å². The van der Waals surface area contributed by atoms with E-state index in [1.807, 2.05) is 63.2 Å². The molecular formula is C21H24N4OS. The van der Waals surface area contributed by atoms with Gasteiger partial charge in [-0.15, -0.1) is 5.10 Å². The molecule has 0 aliphatic rings. The molecule has 3 rings (SSSR count). The summed E-state index contributed by atoms with van der Waals surface area (Å²) in [5, 5.41) is 10.5. The molecule has 3 aromatic rings. The number of nitrogens with one attached hydrogen (secondary N) is 2. The maximum Gasteiger partial charge on any atom is 0.269 e. The van der Waals surface area contributed by atoms with E-state index in [4.69, 9.17) is 0 Å². The zero-order valence-electron chi connectivity index (χ0n) is 16.0. The fraction of sp³-hybridized carbons (Fsp3) is 0.286. The number of rotatable bonds is 5. The summed E-state index contributed by atoms with van der Waals surface area (Å²) < 4.78 is 3.95. The first-order valence-corrected chi connectivity index (χ1v) is 9.67. The molecule has 140 valence electrons. The van der Waals surface area contributed by atoms with Crippen molar-refractivity contribution in [2.75, 3.05) is 10.6 Å². The van der Waals surface area contributed by atoms with Gasteiger partial charge in [-0.2, -0.15) is 0 Å². The van der Waals surface area contributed by atoms with Gasteiger partial charge >= 0.3 is 0 Å². The average molecular weight is 381 g/mol. The van der Waals surface area contributed by atoms with Crippen molar-refractivity contribution >= 4 is 28.8 Å². The minimum absolute atomic E-state index is 0.173. The van der Waals surface area contributed by atoms with Crippen molar-refractivity contribution in [2.45, 2.75) is 39.2 Å². The largest absolute Gasteiger partial charge is 0.379 e. The molecule has 0 saturated heterocycles. The fourth-order valence-electron chi connectivity index (χ4n) is 2.74. The van der Waals surface area contributed by atoms with Crippen molar-refractivity contribution in [3.05, 3.63) is 70.7 Å². The highest BCUT2D eigenvalue weighted by atomic mass is 32.1. The Morgan fingerprint density at radius 1 is 1.00 bits per heavy atom. The Balaban J connectivity index is 1.66. The van der Waals surface area contributed by atoms with E-state index in [0.29, 0.717) is 4.88 Å². The molecule has 1 aromatic heterocycles. The zero-order valence-corrected chi connectivity index (χ0v) is 16.8. The van der Waals surface area contributed by atoms with Gasteiger partial charge in [0.15, 0.2) is 0 Å². The van der Waals surface area contributed by atoms with Crippen molar-refractivity contribution in [1.29, 1.82) is 0 Å². The second-order valence-electron chi connectivity index (χ2n) is 7.51. The molecule has 1 amide bonds. The Hall–Kier alpha value is -2.73. The molecule has 0 radical (unpaired) electrons. The van der Waals surface area contributed by atoms with E-state index in [9.17, 15) is 4.79 Å². The molecule has 0 saturated carbocycles. The highest BCUT2D eigenvalue weighted by Gasteiger charge is 2.26. The third-order valence-corrected chi connectivity index (χ3v) is 4.95. The highest BCUT2D eigenvalue weighted by molar-refractivity contribution is 7.08. The number of amides is 1. The third kappa shape index (κ3) is 4.71. The molecule has 0 aliphatic heterocycles. The van der Waals surface area contributed by atoms with Crippen LogP contribution in [0, 0.1) is 0 Å².